The van der Waals surface area contributed by atoms with Crippen LogP contribution in [0.2, 0.25) is 10.0 Å². The molecule has 102 valence electrons. The zero-order chi connectivity index (χ0) is 14.0. The van der Waals surface area contributed by atoms with Crippen molar-refractivity contribution in [1.29, 1.82) is 0 Å². The lowest BCUT2D eigenvalue weighted by atomic mass is 10.0. The number of urea groups is 1. The Hall–Kier alpha value is -1.52. The summed E-state index contributed by atoms with van der Waals surface area (Å²) < 4.78 is 0. The Bertz CT molecular complexity index is 623. The molecule has 0 aromatic heterocycles. The molecule has 3 atom stereocenters. The van der Waals surface area contributed by atoms with Crippen molar-refractivity contribution >= 4 is 40.8 Å². The molecule has 3 aliphatic rings. The molecule has 0 radical (unpaired) electrons. The summed E-state index contributed by atoms with van der Waals surface area (Å²) in [6.07, 6.45) is 4.89. The van der Waals surface area contributed by atoms with Gasteiger partial charge in [0.15, 0.2) is 0 Å². The normalized spacial score (nSPS) is 30.6. The van der Waals surface area contributed by atoms with Gasteiger partial charge in [-0.3, -0.25) is 4.79 Å². The quantitative estimate of drug-likeness (QED) is 0.591. The van der Waals surface area contributed by atoms with Crippen LogP contribution in [-0.4, -0.2) is 28.9 Å². The Morgan fingerprint density at radius 2 is 1.75 bits per heavy atom. The first kappa shape index (κ1) is 12.2. The van der Waals surface area contributed by atoms with Crippen molar-refractivity contribution in [1.82, 2.24) is 4.90 Å². The molecule has 6 heteroatoms. The highest BCUT2D eigenvalue weighted by atomic mass is 35.5. The first-order valence-electron chi connectivity index (χ1n) is 6.37. The van der Waals surface area contributed by atoms with Crippen LogP contribution in [0.3, 0.4) is 0 Å². The number of carbonyl (C=O) groups is 2. The van der Waals surface area contributed by atoms with Gasteiger partial charge in [-0.2, -0.15) is 0 Å². The molecule has 2 bridgehead atoms. The van der Waals surface area contributed by atoms with Gasteiger partial charge in [0.25, 0.3) is 5.91 Å². The van der Waals surface area contributed by atoms with E-state index in [1.807, 2.05) is 12.2 Å². The summed E-state index contributed by atoms with van der Waals surface area (Å²) in [6, 6.07) is 4.14. The Kier molecular flexibility index (Phi) is 2.44. The van der Waals surface area contributed by atoms with Gasteiger partial charge in [-0.25, -0.2) is 9.69 Å². The van der Waals surface area contributed by atoms with E-state index in [4.69, 9.17) is 23.2 Å². The molecule has 0 saturated carbocycles. The number of carbonyl (C=O) groups excluding carboxylic acids is 2. The van der Waals surface area contributed by atoms with Crippen LogP contribution in [0, 0.1) is 5.92 Å². The molecule has 4 rings (SSSR count). The van der Waals surface area contributed by atoms with Gasteiger partial charge in [-0.05, 0) is 24.6 Å². The lowest BCUT2D eigenvalue weighted by Crippen LogP contribution is -2.38. The summed E-state index contributed by atoms with van der Waals surface area (Å²) in [4.78, 5) is 27.9. The molecular formula is C14H10Cl2N2O2. The minimum atomic E-state index is -0.366. The standard InChI is InChI=1S/C14H10Cl2N2O2/c15-8-4-9(16)6-11(5-8)18-13(19)12-7-1-2-10(3-7)17(12)14(18)20/h1-2,4-7,10,12H,3H2/t7?,10?,12-/m1/s1. The monoisotopic (exact) mass is 308 g/mol. The first-order valence-corrected chi connectivity index (χ1v) is 7.12. The van der Waals surface area contributed by atoms with Crippen LogP contribution < -0.4 is 4.90 Å². The van der Waals surface area contributed by atoms with Crippen molar-refractivity contribution in [2.24, 2.45) is 5.92 Å². The average molecular weight is 309 g/mol. The summed E-state index contributed by atoms with van der Waals surface area (Å²) >= 11 is 11.9. The van der Waals surface area contributed by atoms with Gasteiger partial charge in [-0.15, -0.1) is 0 Å². The van der Waals surface area contributed by atoms with Crippen LogP contribution >= 0.6 is 23.2 Å². The van der Waals surface area contributed by atoms with E-state index in [9.17, 15) is 9.59 Å². The number of halogens is 2. The largest absolute Gasteiger partial charge is 0.332 e. The van der Waals surface area contributed by atoms with E-state index in [1.165, 1.54) is 4.90 Å². The number of anilines is 1. The molecule has 2 aliphatic heterocycles. The number of imide groups is 1. The zero-order valence-electron chi connectivity index (χ0n) is 10.3. The van der Waals surface area contributed by atoms with Crippen LogP contribution in [0.4, 0.5) is 10.5 Å². The maximum Gasteiger partial charge on any atom is 0.332 e. The molecule has 2 unspecified atom stereocenters. The lowest BCUT2D eigenvalue weighted by Gasteiger charge is -2.22. The van der Waals surface area contributed by atoms with E-state index >= 15 is 0 Å². The Morgan fingerprint density at radius 3 is 2.40 bits per heavy atom. The van der Waals surface area contributed by atoms with Crippen LogP contribution in [-0.2, 0) is 4.79 Å². The summed E-state index contributed by atoms with van der Waals surface area (Å²) in [6.45, 7) is 0. The van der Waals surface area contributed by atoms with Crippen molar-refractivity contribution in [2.75, 3.05) is 4.90 Å². The van der Waals surface area contributed by atoms with Gasteiger partial charge in [-0.1, -0.05) is 35.4 Å². The van der Waals surface area contributed by atoms with E-state index < -0.39 is 0 Å². The fraction of sp³-hybridized carbons (Fsp3) is 0.286. The van der Waals surface area contributed by atoms with Crippen molar-refractivity contribution < 1.29 is 9.59 Å². The van der Waals surface area contributed by atoms with Gasteiger partial charge in [0.05, 0.1) is 11.7 Å². The lowest BCUT2D eigenvalue weighted by molar-refractivity contribution is -0.119. The second kappa shape index (κ2) is 3.99. The van der Waals surface area contributed by atoms with Gasteiger partial charge in [0.1, 0.15) is 6.04 Å². The molecule has 4 nitrogen and oxygen atoms in total. The summed E-state index contributed by atoms with van der Waals surface area (Å²) in [5, 5.41) is 0.808. The summed E-state index contributed by atoms with van der Waals surface area (Å²) in [5.74, 6) is -0.0544. The molecule has 2 saturated heterocycles. The van der Waals surface area contributed by atoms with Gasteiger partial charge in [0, 0.05) is 16.0 Å². The van der Waals surface area contributed by atoms with Gasteiger partial charge in [0.2, 0.25) is 0 Å². The number of amides is 3. The molecule has 1 aliphatic carbocycles. The molecule has 1 aromatic carbocycles. The third-order valence-electron chi connectivity index (χ3n) is 4.15. The molecular weight excluding hydrogens is 299 g/mol. The second-order valence-corrected chi connectivity index (χ2v) is 6.16. The van der Waals surface area contributed by atoms with E-state index in [2.05, 4.69) is 0 Å². The Morgan fingerprint density at radius 1 is 1.05 bits per heavy atom. The van der Waals surface area contributed by atoms with Crippen LogP contribution in [0.25, 0.3) is 0 Å². The Balaban J connectivity index is 1.78. The first-order chi connectivity index (χ1) is 9.56. The minimum Gasteiger partial charge on any atom is -0.305 e. The maximum atomic E-state index is 12.6. The highest BCUT2D eigenvalue weighted by Crippen LogP contribution is 2.43. The third kappa shape index (κ3) is 1.49. The van der Waals surface area contributed by atoms with Crippen molar-refractivity contribution in [3.8, 4) is 0 Å². The molecule has 1 aromatic rings. The van der Waals surface area contributed by atoms with Gasteiger partial charge >= 0.3 is 6.03 Å². The van der Waals surface area contributed by atoms with E-state index in [-0.39, 0.29) is 29.9 Å². The topological polar surface area (TPSA) is 40.6 Å². The van der Waals surface area contributed by atoms with E-state index in [0.29, 0.717) is 15.7 Å². The highest BCUT2D eigenvalue weighted by Gasteiger charge is 2.57. The number of nitrogens with zero attached hydrogens (tertiary/aromatic N) is 2. The minimum absolute atomic E-state index is 0.0427. The smallest absolute Gasteiger partial charge is 0.305 e. The SMILES string of the molecule is O=C1[C@H]2C3C=CC(C3)N2C(=O)N1c1cc(Cl)cc(Cl)c1. The molecule has 20 heavy (non-hydrogen) atoms. The Labute approximate surface area is 125 Å². The number of hydrogen-bond donors (Lipinski definition) is 0. The van der Waals surface area contributed by atoms with Crippen molar-refractivity contribution in [3.05, 3.63) is 40.4 Å². The van der Waals surface area contributed by atoms with E-state index in [1.54, 1.807) is 23.1 Å². The van der Waals surface area contributed by atoms with Crippen LogP contribution in [0.15, 0.2) is 30.4 Å². The molecule has 2 heterocycles. The molecule has 0 spiro atoms. The predicted octanol–water partition coefficient (Wildman–Crippen LogP) is 3.09. The van der Waals surface area contributed by atoms with E-state index in [0.717, 1.165) is 6.42 Å². The number of benzene rings is 1. The fourth-order valence-electron chi connectivity index (χ4n) is 3.37. The average Bonchev–Trinajstić information content (AvgIpc) is 3.02. The number of hydrogen-bond acceptors (Lipinski definition) is 2. The van der Waals surface area contributed by atoms with Crippen molar-refractivity contribution in [3.63, 3.8) is 0 Å². The predicted molar refractivity (Wildman–Crippen MR) is 76.0 cm³/mol. The number of fused-ring (bicyclic) bond motifs is 5. The molecule has 0 N–H and O–H groups in total. The third-order valence-corrected chi connectivity index (χ3v) is 4.58. The molecule has 2 fully saturated rings. The number of rotatable bonds is 1. The van der Waals surface area contributed by atoms with Crippen LogP contribution in [0.5, 0.6) is 0 Å². The fourth-order valence-corrected chi connectivity index (χ4v) is 3.89. The maximum absolute atomic E-state index is 12.6. The summed E-state index contributed by atoms with van der Waals surface area (Å²) in [5.41, 5.74) is 0.436. The highest BCUT2D eigenvalue weighted by molar-refractivity contribution is 6.35. The van der Waals surface area contributed by atoms with Crippen LogP contribution in [0.1, 0.15) is 6.42 Å². The second-order valence-electron chi connectivity index (χ2n) is 5.29. The van der Waals surface area contributed by atoms with Crippen molar-refractivity contribution in [2.45, 2.75) is 18.5 Å². The van der Waals surface area contributed by atoms with Gasteiger partial charge < -0.3 is 4.90 Å². The zero-order valence-corrected chi connectivity index (χ0v) is 11.8. The summed E-state index contributed by atoms with van der Waals surface area (Å²) in [7, 11) is 0. The molecule has 3 amide bonds.